The van der Waals surface area contributed by atoms with E-state index in [2.05, 4.69) is 21.2 Å². The Morgan fingerprint density at radius 1 is 1.37 bits per heavy atom. The highest BCUT2D eigenvalue weighted by molar-refractivity contribution is 9.10. The lowest BCUT2D eigenvalue weighted by atomic mass is 9.87. The number of rotatable bonds is 4. The Balaban J connectivity index is 1.98. The molecule has 0 unspecified atom stereocenters. The fraction of sp³-hybridized carbons (Fsp3) is 0.538. The maximum atomic E-state index is 10.9. The van der Waals surface area contributed by atoms with Gasteiger partial charge in [0, 0.05) is 17.1 Å². The lowest BCUT2D eigenvalue weighted by Crippen LogP contribution is -2.23. The summed E-state index contributed by atoms with van der Waals surface area (Å²) in [4.78, 5) is 10.6. The van der Waals surface area contributed by atoms with Gasteiger partial charge >= 0.3 is 0 Å². The SMILES string of the molecule is O=[N+]([O-])c1ccc(Br)cc1NCC1CCC(O)CC1. The molecule has 104 valence electrons. The molecule has 5 nitrogen and oxygen atoms in total. The topological polar surface area (TPSA) is 75.4 Å². The third-order valence-electron chi connectivity index (χ3n) is 3.55. The lowest BCUT2D eigenvalue weighted by molar-refractivity contribution is -0.384. The Labute approximate surface area is 120 Å². The van der Waals surface area contributed by atoms with Gasteiger partial charge in [0.15, 0.2) is 0 Å². The molecule has 1 fully saturated rings. The van der Waals surface area contributed by atoms with Gasteiger partial charge in [-0.2, -0.15) is 0 Å². The van der Waals surface area contributed by atoms with Crippen LogP contribution in [-0.4, -0.2) is 22.7 Å². The van der Waals surface area contributed by atoms with Crippen molar-refractivity contribution < 1.29 is 10.0 Å². The molecule has 1 aromatic carbocycles. The highest BCUT2D eigenvalue weighted by Gasteiger charge is 2.20. The van der Waals surface area contributed by atoms with Crippen molar-refractivity contribution in [3.05, 3.63) is 32.8 Å². The summed E-state index contributed by atoms with van der Waals surface area (Å²) in [6, 6.07) is 4.90. The van der Waals surface area contributed by atoms with Crippen molar-refractivity contribution >= 4 is 27.3 Å². The highest BCUT2D eigenvalue weighted by atomic mass is 79.9. The smallest absolute Gasteiger partial charge is 0.292 e. The summed E-state index contributed by atoms with van der Waals surface area (Å²) < 4.78 is 0.819. The molecule has 0 bridgehead atoms. The molecule has 1 aliphatic rings. The Bertz CT molecular complexity index is 459. The largest absolute Gasteiger partial charge is 0.393 e. The Morgan fingerprint density at radius 2 is 2.05 bits per heavy atom. The van der Waals surface area contributed by atoms with Gasteiger partial charge in [0.05, 0.1) is 11.0 Å². The maximum absolute atomic E-state index is 10.9. The molecule has 0 aliphatic heterocycles. The number of nitrogens with zero attached hydrogens (tertiary/aromatic N) is 1. The molecule has 0 aromatic heterocycles. The van der Waals surface area contributed by atoms with Crippen molar-refractivity contribution in [1.82, 2.24) is 0 Å². The molecule has 0 saturated heterocycles. The zero-order valence-electron chi connectivity index (χ0n) is 10.5. The lowest BCUT2D eigenvalue weighted by Gasteiger charge is -2.25. The second kappa shape index (κ2) is 6.34. The first-order valence-electron chi connectivity index (χ1n) is 6.42. The normalized spacial score (nSPS) is 23.1. The first-order chi connectivity index (χ1) is 9.06. The number of aliphatic hydroxyl groups is 1. The minimum atomic E-state index is -0.376. The van der Waals surface area contributed by atoms with Crippen LogP contribution in [0.15, 0.2) is 22.7 Å². The number of aliphatic hydroxyl groups excluding tert-OH is 1. The first kappa shape index (κ1) is 14.3. The number of hydrogen-bond acceptors (Lipinski definition) is 4. The number of nitrogens with one attached hydrogen (secondary N) is 1. The van der Waals surface area contributed by atoms with E-state index in [1.165, 1.54) is 6.07 Å². The molecule has 0 radical (unpaired) electrons. The minimum Gasteiger partial charge on any atom is -0.393 e. The molecule has 1 aromatic rings. The average molecular weight is 329 g/mol. The van der Waals surface area contributed by atoms with Crippen molar-refractivity contribution in [3.63, 3.8) is 0 Å². The summed E-state index contributed by atoms with van der Waals surface area (Å²) in [6.07, 6.45) is 3.42. The Hall–Kier alpha value is -1.14. The van der Waals surface area contributed by atoms with Crippen LogP contribution >= 0.6 is 15.9 Å². The zero-order chi connectivity index (χ0) is 13.8. The summed E-state index contributed by atoms with van der Waals surface area (Å²) >= 11 is 3.32. The van der Waals surface area contributed by atoms with E-state index in [-0.39, 0.29) is 16.7 Å². The van der Waals surface area contributed by atoms with Crippen LogP contribution in [0.1, 0.15) is 25.7 Å². The zero-order valence-corrected chi connectivity index (χ0v) is 12.1. The molecule has 2 N–H and O–H groups in total. The second-order valence-corrected chi connectivity index (χ2v) is 5.89. The van der Waals surface area contributed by atoms with Crippen LogP contribution in [0.5, 0.6) is 0 Å². The van der Waals surface area contributed by atoms with Crippen LogP contribution in [0.25, 0.3) is 0 Å². The van der Waals surface area contributed by atoms with Gasteiger partial charge in [0.1, 0.15) is 5.69 Å². The van der Waals surface area contributed by atoms with Gasteiger partial charge < -0.3 is 10.4 Å². The van der Waals surface area contributed by atoms with Crippen LogP contribution in [0.2, 0.25) is 0 Å². The van der Waals surface area contributed by atoms with Crippen molar-refractivity contribution in [2.75, 3.05) is 11.9 Å². The third-order valence-corrected chi connectivity index (χ3v) is 4.05. The molecule has 0 amide bonds. The first-order valence-corrected chi connectivity index (χ1v) is 7.21. The quantitative estimate of drug-likeness (QED) is 0.656. The number of nitro groups is 1. The second-order valence-electron chi connectivity index (χ2n) is 4.97. The van der Waals surface area contributed by atoms with E-state index in [0.29, 0.717) is 18.2 Å². The highest BCUT2D eigenvalue weighted by Crippen LogP contribution is 2.30. The molecule has 6 heteroatoms. The van der Waals surface area contributed by atoms with Crippen molar-refractivity contribution in [3.8, 4) is 0 Å². The molecular formula is C13H17BrN2O3. The predicted molar refractivity (Wildman–Crippen MR) is 77.3 cm³/mol. The van der Waals surface area contributed by atoms with Crippen molar-refractivity contribution in [2.24, 2.45) is 5.92 Å². The summed E-state index contributed by atoms with van der Waals surface area (Å²) in [5.41, 5.74) is 0.643. The average Bonchev–Trinajstić information content (AvgIpc) is 2.38. The van der Waals surface area contributed by atoms with Crippen LogP contribution in [0.4, 0.5) is 11.4 Å². The van der Waals surface area contributed by atoms with Gasteiger partial charge in [0.2, 0.25) is 0 Å². The van der Waals surface area contributed by atoms with E-state index in [1.54, 1.807) is 12.1 Å². The Kier molecular flexibility index (Phi) is 4.76. The number of nitro benzene ring substituents is 1. The monoisotopic (exact) mass is 328 g/mol. The van der Waals surface area contributed by atoms with E-state index in [4.69, 9.17) is 0 Å². The van der Waals surface area contributed by atoms with Gasteiger partial charge in [-0.05, 0) is 43.7 Å². The minimum absolute atomic E-state index is 0.0963. The number of halogens is 1. The molecule has 2 rings (SSSR count). The fourth-order valence-electron chi connectivity index (χ4n) is 2.41. The van der Waals surface area contributed by atoms with E-state index in [1.807, 2.05) is 0 Å². The number of hydrogen-bond donors (Lipinski definition) is 2. The molecular weight excluding hydrogens is 312 g/mol. The number of benzene rings is 1. The van der Waals surface area contributed by atoms with Gasteiger partial charge in [-0.15, -0.1) is 0 Å². The van der Waals surface area contributed by atoms with Gasteiger partial charge in [0.25, 0.3) is 5.69 Å². The maximum Gasteiger partial charge on any atom is 0.292 e. The van der Waals surface area contributed by atoms with Crippen LogP contribution in [-0.2, 0) is 0 Å². The predicted octanol–water partition coefficient (Wildman–Crippen LogP) is 3.32. The van der Waals surface area contributed by atoms with Crippen LogP contribution in [0.3, 0.4) is 0 Å². The fourth-order valence-corrected chi connectivity index (χ4v) is 2.77. The number of anilines is 1. The van der Waals surface area contributed by atoms with Gasteiger partial charge in [-0.3, -0.25) is 10.1 Å². The van der Waals surface area contributed by atoms with E-state index >= 15 is 0 Å². The van der Waals surface area contributed by atoms with Crippen molar-refractivity contribution in [1.29, 1.82) is 0 Å². The summed E-state index contributed by atoms with van der Waals surface area (Å²) in [6.45, 7) is 0.712. The van der Waals surface area contributed by atoms with Crippen LogP contribution < -0.4 is 5.32 Å². The van der Waals surface area contributed by atoms with Gasteiger partial charge in [-0.1, -0.05) is 15.9 Å². The van der Waals surface area contributed by atoms with Crippen molar-refractivity contribution in [2.45, 2.75) is 31.8 Å². The summed E-state index contributed by atoms with van der Waals surface area (Å²) in [5.74, 6) is 0.474. The standard InChI is InChI=1S/C13H17BrN2O3/c14-10-3-6-13(16(18)19)12(7-10)15-8-9-1-4-11(17)5-2-9/h3,6-7,9,11,15,17H,1-2,4-5,8H2. The summed E-state index contributed by atoms with van der Waals surface area (Å²) in [7, 11) is 0. The third kappa shape index (κ3) is 3.91. The molecule has 19 heavy (non-hydrogen) atoms. The van der Waals surface area contributed by atoms with E-state index in [9.17, 15) is 15.2 Å². The van der Waals surface area contributed by atoms with E-state index < -0.39 is 0 Å². The molecule has 1 saturated carbocycles. The molecule has 0 atom stereocenters. The Morgan fingerprint density at radius 3 is 2.68 bits per heavy atom. The molecule has 1 aliphatic carbocycles. The summed E-state index contributed by atoms with van der Waals surface area (Å²) in [5, 5.41) is 23.6. The molecule has 0 spiro atoms. The van der Waals surface area contributed by atoms with E-state index in [0.717, 1.165) is 30.2 Å². The van der Waals surface area contributed by atoms with Gasteiger partial charge in [-0.25, -0.2) is 0 Å². The molecule has 0 heterocycles. The van der Waals surface area contributed by atoms with Crippen LogP contribution in [0, 0.1) is 16.0 Å².